The van der Waals surface area contributed by atoms with Gasteiger partial charge in [0.2, 0.25) is 5.82 Å². The lowest BCUT2D eigenvalue weighted by Crippen LogP contribution is -2.50. The Kier molecular flexibility index (Phi) is 5.21. The van der Waals surface area contributed by atoms with Crippen LogP contribution in [0.5, 0.6) is 0 Å². The summed E-state index contributed by atoms with van der Waals surface area (Å²) in [4.78, 5) is 19.6. The SMILES string of the molecule is O=C(c1nc(-c2ccccc2)n(-c2cccc(C(F)(F)F)c2)n1)N1CCOCC1C1CC1. The summed E-state index contributed by atoms with van der Waals surface area (Å²) in [7, 11) is 0. The van der Waals surface area contributed by atoms with Gasteiger partial charge < -0.3 is 9.64 Å². The average molecular weight is 442 g/mol. The van der Waals surface area contributed by atoms with E-state index in [-0.39, 0.29) is 23.5 Å². The lowest BCUT2D eigenvalue weighted by atomic mass is 10.1. The average Bonchev–Trinajstić information content (AvgIpc) is 3.56. The molecule has 1 aliphatic carbocycles. The third-order valence-corrected chi connectivity index (χ3v) is 5.84. The van der Waals surface area contributed by atoms with Gasteiger partial charge in [-0.25, -0.2) is 9.67 Å². The smallest absolute Gasteiger partial charge is 0.377 e. The number of hydrogen-bond donors (Lipinski definition) is 0. The largest absolute Gasteiger partial charge is 0.416 e. The van der Waals surface area contributed by atoms with Gasteiger partial charge in [-0.2, -0.15) is 13.2 Å². The van der Waals surface area contributed by atoms with Crippen molar-refractivity contribution in [1.82, 2.24) is 19.7 Å². The third kappa shape index (κ3) is 4.00. The van der Waals surface area contributed by atoms with Crippen molar-refractivity contribution in [3.63, 3.8) is 0 Å². The van der Waals surface area contributed by atoms with E-state index in [1.165, 1.54) is 16.8 Å². The van der Waals surface area contributed by atoms with E-state index in [9.17, 15) is 18.0 Å². The molecule has 1 aliphatic heterocycles. The Morgan fingerprint density at radius 2 is 1.84 bits per heavy atom. The molecule has 3 aromatic rings. The van der Waals surface area contributed by atoms with Crippen molar-refractivity contribution in [2.75, 3.05) is 19.8 Å². The summed E-state index contributed by atoms with van der Waals surface area (Å²) in [6.07, 6.45) is -2.38. The van der Waals surface area contributed by atoms with Crippen LogP contribution in [0.4, 0.5) is 13.2 Å². The van der Waals surface area contributed by atoms with E-state index < -0.39 is 11.7 Å². The molecule has 1 unspecified atom stereocenters. The molecule has 1 saturated heterocycles. The molecule has 9 heteroatoms. The fourth-order valence-electron chi connectivity index (χ4n) is 4.05. The van der Waals surface area contributed by atoms with Gasteiger partial charge in [-0.15, -0.1) is 5.10 Å². The molecule has 0 spiro atoms. The number of amides is 1. The highest BCUT2D eigenvalue weighted by Crippen LogP contribution is 2.37. The highest BCUT2D eigenvalue weighted by atomic mass is 19.4. The standard InChI is InChI=1S/C23H21F3N4O2/c24-23(25,26)17-7-4-8-18(13-17)30-21(16-5-2-1-3-6-16)27-20(28-30)22(31)29-11-12-32-14-19(29)15-9-10-15/h1-8,13,15,19H,9-12,14H2. The van der Waals surface area contributed by atoms with Crippen LogP contribution in [0.2, 0.25) is 0 Å². The van der Waals surface area contributed by atoms with Gasteiger partial charge in [-0.1, -0.05) is 36.4 Å². The molecule has 2 fully saturated rings. The van der Waals surface area contributed by atoms with E-state index in [4.69, 9.17) is 4.74 Å². The van der Waals surface area contributed by atoms with Crippen LogP contribution < -0.4 is 0 Å². The molecule has 5 rings (SSSR count). The first-order valence-corrected chi connectivity index (χ1v) is 10.5. The fourth-order valence-corrected chi connectivity index (χ4v) is 4.05. The third-order valence-electron chi connectivity index (χ3n) is 5.84. The topological polar surface area (TPSA) is 60.2 Å². The molecule has 32 heavy (non-hydrogen) atoms. The van der Waals surface area contributed by atoms with Crippen LogP contribution in [0.15, 0.2) is 54.6 Å². The molecule has 1 saturated carbocycles. The summed E-state index contributed by atoms with van der Waals surface area (Å²) in [6.45, 7) is 1.36. The van der Waals surface area contributed by atoms with Gasteiger partial charge in [0, 0.05) is 12.1 Å². The number of ether oxygens (including phenoxy) is 1. The maximum atomic E-state index is 13.3. The minimum Gasteiger partial charge on any atom is -0.377 e. The van der Waals surface area contributed by atoms with Crippen molar-refractivity contribution in [3.05, 3.63) is 66.0 Å². The number of hydrogen-bond acceptors (Lipinski definition) is 4. The second-order valence-electron chi connectivity index (χ2n) is 8.06. The van der Waals surface area contributed by atoms with Crippen LogP contribution in [0, 0.1) is 5.92 Å². The van der Waals surface area contributed by atoms with Crippen molar-refractivity contribution < 1.29 is 22.7 Å². The van der Waals surface area contributed by atoms with Gasteiger partial charge in [-0.05, 0) is 37.0 Å². The molecule has 0 N–H and O–H groups in total. The van der Waals surface area contributed by atoms with E-state index in [0.29, 0.717) is 37.1 Å². The Balaban J connectivity index is 1.57. The summed E-state index contributed by atoms with van der Waals surface area (Å²) in [6, 6.07) is 13.8. The maximum Gasteiger partial charge on any atom is 0.416 e. The van der Waals surface area contributed by atoms with E-state index in [0.717, 1.165) is 25.0 Å². The van der Waals surface area contributed by atoms with Crippen LogP contribution >= 0.6 is 0 Å². The van der Waals surface area contributed by atoms with Crippen molar-refractivity contribution in [1.29, 1.82) is 0 Å². The molecule has 0 radical (unpaired) electrons. The first-order chi connectivity index (χ1) is 15.4. The predicted molar refractivity (Wildman–Crippen MR) is 110 cm³/mol. The van der Waals surface area contributed by atoms with Gasteiger partial charge in [-0.3, -0.25) is 4.79 Å². The van der Waals surface area contributed by atoms with Crippen molar-refractivity contribution >= 4 is 5.91 Å². The quantitative estimate of drug-likeness (QED) is 0.608. The molecular formula is C23H21F3N4O2. The Labute approximate surface area is 182 Å². The summed E-state index contributed by atoms with van der Waals surface area (Å²) in [5.74, 6) is 0.366. The molecule has 166 valence electrons. The number of morpholine rings is 1. The Bertz CT molecular complexity index is 1130. The van der Waals surface area contributed by atoms with Gasteiger partial charge >= 0.3 is 6.18 Å². The van der Waals surface area contributed by atoms with Crippen molar-refractivity contribution in [2.45, 2.75) is 25.1 Å². The number of nitrogens with zero attached hydrogens (tertiary/aromatic N) is 4. The summed E-state index contributed by atoms with van der Waals surface area (Å²) >= 11 is 0. The second-order valence-corrected chi connectivity index (χ2v) is 8.06. The van der Waals surface area contributed by atoms with Crippen LogP contribution in [0.1, 0.15) is 29.0 Å². The van der Waals surface area contributed by atoms with Gasteiger partial charge in [0.15, 0.2) is 5.82 Å². The highest BCUT2D eigenvalue weighted by molar-refractivity contribution is 5.91. The first-order valence-electron chi connectivity index (χ1n) is 10.5. The van der Waals surface area contributed by atoms with Gasteiger partial charge in [0.25, 0.3) is 5.91 Å². The second kappa shape index (κ2) is 8.05. The van der Waals surface area contributed by atoms with E-state index >= 15 is 0 Å². The molecule has 2 heterocycles. The summed E-state index contributed by atoms with van der Waals surface area (Å²) < 4.78 is 46.7. The normalized spacial score (nSPS) is 19.2. The number of carbonyl (C=O) groups excluding carboxylic acids is 1. The van der Waals surface area contributed by atoms with E-state index in [1.54, 1.807) is 29.2 Å². The molecule has 2 aromatic carbocycles. The van der Waals surface area contributed by atoms with Crippen molar-refractivity contribution in [2.24, 2.45) is 5.92 Å². The van der Waals surface area contributed by atoms with E-state index in [1.807, 2.05) is 6.07 Å². The number of benzene rings is 2. The number of rotatable bonds is 4. The zero-order valence-electron chi connectivity index (χ0n) is 17.1. The predicted octanol–water partition coefficient (Wildman–Crippen LogP) is 4.20. The molecule has 1 amide bonds. The first kappa shape index (κ1) is 20.7. The number of carbonyl (C=O) groups is 1. The number of alkyl halides is 3. The number of halogens is 3. The van der Waals surface area contributed by atoms with Crippen LogP contribution in [-0.4, -0.2) is 51.4 Å². The molecule has 6 nitrogen and oxygen atoms in total. The minimum absolute atomic E-state index is 0.0167. The molecule has 2 aliphatic rings. The molecular weight excluding hydrogens is 421 g/mol. The Morgan fingerprint density at radius 3 is 2.56 bits per heavy atom. The maximum absolute atomic E-state index is 13.3. The van der Waals surface area contributed by atoms with E-state index in [2.05, 4.69) is 10.1 Å². The minimum atomic E-state index is -4.49. The van der Waals surface area contributed by atoms with Gasteiger partial charge in [0.1, 0.15) is 0 Å². The Morgan fingerprint density at radius 1 is 1.06 bits per heavy atom. The molecule has 0 bridgehead atoms. The van der Waals surface area contributed by atoms with Gasteiger partial charge in [0.05, 0.1) is 30.5 Å². The fraction of sp³-hybridized carbons (Fsp3) is 0.348. The van der Waals surface area contributed by atoms with Crippen molar-refractivity contribution in [3.8, 4) is 17.1 Å². The van der Waals surface area contributed by atoms with Crippen LogP contribution in [-0.2, 0) is 10.9 Å². The molecule has 1 aromatic heterocycles. The lowest BCUT2D eigenvalue weighted by Gasteiger charge is -2.35. The zero-order chi connectivity index (χ0) is 22.3. The monoisotopic (exact) mass is 442 g/mol. The van der Waals surface area contributed by atoms with Crippen LogP contribution in [0.25, 0.3) is 17.1 Å². The Hall–Kier alpha value is -3.20. The lowest BCUT2D eigenvalue weighted by molar-refractivity contribution is -0.137. The summed E-state index contributed by atoms with van der Waals surface area (Å²) in [5.41, 5.74) is 0.0440. The zero-order valence-corrected chi connectivity index (χ0v) is 17.1. The molecule has 1 atom stereocenters. The summed E-state index contributed by atoms with van der Waals surface area (Å²) in [5, 5.41) is 4.38. The number of aromatic nitrogens is 3. The highest BCUT2D eigenvalue weighted by Gasteiger charge is 2.40. The van der Waals surface area contributed by atoms with Crippen LogP contribution in [0.3, 0.4) is 0 Å².